The van der Waals surface area contributed by atoms with Gasteiger partial charge in [-0.05, 0) is 47.7 Å². The Morgan fingerprint density at radius 3 is 2.63 bits per heavy atom. The molecule has 0 atom stereocenters. The number of morpholine rings is 1. The van der Waals surface area contributed by atoms with E-state index in [-0.39, 0.29) is 0 Å². The molecule has 0 amide bonds. The van der Waals surface area contributed by atoms with Gasteiger partial charge in [0.2, 0.25) is 0 Å². The molecule has 0 aliphatic carbocycles. The lowest BCUT2D eigenvalue weighted by Crippen LogP contribution is -2.37. The summed E-state index contributed by atoms with van der Waals surface area (Å²) in [7, 11) is 0. The Hall–Kier alpha value is -2.63. The molecule has 140 valence electrons. The van der Waals surface area contributed by atoms with E-state index in [1.54, 1.807) is 0 Å². The summed E-state index contributed by atoms with van der Waals surface area (Å²) in [6.45, 7) is 5.79. The molecule has 0 saturated carbocycles. The Bertz CT molecular complexity index is 888. The molecule has 1 aliphatic rings. The number of fused-ring (bicyclic) bond motifs is 1. The molecule has 0 spiro atoms. The SMILES string of the molecule is Nc1ccc(-c2cccc3c(NCCCN4CCOCC4)nccc23)cc1. The maximum Gasteiger partial charge on any atom is 0.133 e. The minimum atomic E-state index is 0.781. The Morgan fingerprint density at radius 1 is 1.00 bits per heavy atom. The van der Waals surface area contributed by atoms with Crippen molar-refractivity contribution in [2.75, 3.05) is 50.4 Å². The largest absolute Gasteiger partial charge is 0.399 e. The van der Waals surface area contributed by atoms with Crippen LogP contribution in [0.4, 0.5) is 11.5 Å². The molecule has 27 heavy (non-hydrogen) atoms. The molecule has 0 unspecified atom stereocenters. The minimum absolute atomic E-state index is 0.781. The van der Waals surface area contributed by atoms with E-state index < -0.39 is 0 Å². The van der Waals surface area contributed by atoms with E-state index in [1.807, 2.05) is 18.3 Å². The fourth-order valence-corrected chi connectivity index (χ4v) is 3.60. The number of aromatic nitrogens is 1. The third kappa shape index (κ3) is 4.21. The van der Waals surface area contributed by atoms with Gasteiger partial charge in [0.15, 0.2) is 0 Å². The summed E-state index contributed by atoms with van der Waals surface area (Å²) in [6, 6.07) is 16.5. The monoisotopic (exact) mass is 362 g/mol. The molecule has 2 heterocycles. The van der Waals surface area contributed by atoms with Gasteiger partial charge in [-0.25, -0.2) is 4.98 Å². The molecule has 1 fully saturated rings. The number of hydrogen-bond donors (Lipinski definition) is 2. The number of nitrogens with two attached hydrogens (primary N) is 1. The van der Waals surface area contributed by atoms with Crippen LogP contribution < -0.4 is 11.1 Å². The number of pyridine rings is 1. The number of ether oxygens (including phenoxy) is 1. The molecule has 3 N–H and O–H groups in total. The number of nitrogen functional groups attached to an aromatic ring is 1. The van der Waals surface area contributed by atoms with Crippen molar-refractivity contribution in [2.24, 2.45) is 0 Å². The van der Waals surface area contributed by atoms with Crippen molar-refractivity contribution < 1.29 is 4.74 Å². The van der Waals surface area contributed by atoms with Gasteiger partial charge in [-0.15, -0.1) is 0 Å². The third-order valence-corrected chi connectivity index (χ3v) is 5.08. The van der Waals surface area contributed by atoms with Crippen LogP contribution in [0.3, 0.4) is 0 Å². The topological polar surface area (TPSA) is 63.4 Å². The summed E-state index contributed by atoms with van der Waals surface area (Å²) in [6.07, 6.45) is 2.98. The zero-order valence-corrected chi connectivity index (χ0v) is 15.5. The van der Waals surface area contributed by atoms with Gasteiger partial charge in [-0.2, -0.15) is 0 Å². The summed E-state index contributed by atoms with van der Waals surface area (Å²) in [5, 5.41) is 5.88. The molecule has 0 radical (unpaired) electrons. The Labute approximate surface area is 160 Å². The van der Waals surface area contributed by atoms with Gasteiger partial charge < -0.3 is 15.8 Å². The average molecular weight is 362 g/mol. The van der Waals surface area contributed by atoms with Gasteiger partial charge in [-0.1, -0.05) is 30.3 Å². The van der Waals surface area contributed by atoms with E-state index in [0.29, 0.717) is 0 Å². The van der Waals surface area contributed by atoms with E-state index in [0.717, 1.165) is 62.7 Å². The van der Waals surface area contributed by atoms with Crippen molar-refractivity contribution in [1.29, 1.82) is 0 Å². The van der Waals surface area contributed by atoms with Gasteiger partial charge in [0.1, 0.15) is 5.82 Å². The Balaban J connectivity index is 1.48. The zero-order valence-electron chi connectivity index (χ0n) is 15.5. The summed E-state index contributed by atoms with van der Waals surface area (Å²) in [5.41, 5.74) is 8.98. The maximum absolute atomic E-state index is 5.83. The lowest BCUT2D eigenvalue weighted by Gasteiger charge is -2.26. The van der Waals surface area contributed by atoms with Gasteiger partial charge in [0.25, 0.3) is 0 Å². The molecule has 4 rings (SSSR count). The van der Waals surface area contributed by atoms with Crippen LogP contribution >= 0.6 is 0 Å². The van der Waals surface area contributed by atoms with E-state index >= 15 is 0 Å². The predicted molar refractivity (Wildman–Crippen MR) is 112 cm³/mol. The molecule has 2 aromatic carbocycles. The summed E-state index contributed by atoms with van der Waals surface area (Å²) in [4.78, 5) is 7.03. The minimum Gasteiger partial charge on any atom is -0.399 e. The maximum atomic E-state index is 5.83. The van der Waals surface area contributed by atoms with Gasteiger partial charge in [-0.3, -0.25) is 4.90 Å². The smallest absolute Gasteiger partial charge is 0.133 e. The second-order valence-electron chi connectivity index (χ2n) is 6.92. The molecule has 0 bridgehead atoms. The molecule has 1 aliphatic heterocycles. The van der Waals surface area contributed by atoms with Crippen molar-refractivity contribution in [3.05, 3.63) is 54.7 Å². The first-order chi connectivity index (χ1) is 13.3. The third-order valence-electron chi connectivity index (χ3n) is 5.08. The summed E-state index contributed by atoms with van der Waals surface area (Å²) in [5.74, 6) is 0.951. The highest BCUT2D eigenvalue weighted by molar-refractivity contribution is 6.01. The molecular formula is C22H26N4O. The highest BCUT2D eigenvalue weighted by Gasteiger charge is 2.10. The number of nitrogens with zero attached hydrogens (tertiary/aromatic N) is 2. The fraction of sp³-hybridized carbons (Fsp3) is 0.318. The van der Waals surface area contributed by atoms with Crippen molar-refractivity contribution in [3.63, 3.8) is 0 Å². The fourth-order valence-electron chi connectivity index (χ4n) is 3.60. The number of anilines is 2. The van der Waals surface area contributed by atoms with Crippen molar-refractivity contribution in [2.45, 2.75) is 6.42 Å². The average Bonchev–Trinajstić information content (AvgIpc) is 2.72. The standard InChI is InChI=1S/C22H26N4O/c23-18-7-5-17(6-8-18)19-3-1-4-21-20(19)9-11-25-22(21)24-10-2-12-26-13-15-27-16-14-26/h1,3-9,11H,2,10,12-16,23H2,(H,24,25). The highest BCUT2D eigenvalue weighted by Crippen LogP contribution is 2.31. The summed E-state index contributed by atoms with van der Waals surface area (Å²) < 4.78 is 5.40. The van der Waals surface area contributed by atoms with Crippen LogP contribution in [0.25, 0.3) is 21.9 Å². The lowest BCUT2D eigenvalue weighted by atomic mass is 9.99. The van der Waals surface area contributed by atoms with Crippen molar-refractivity contribution in [1.82, 2.24) is 9.88 Å². The van der Waals surface area contributed by atoms with E-state index in [4.69, 9.17) is 10.5 Å². The normalized spacial score (nSPS) is 15.1. The molecule has 5 nitrogen and oxygen atoms in total. The van der Waals surface area contributed by atoms with Gasteiger partial charge >= 0.3 is 0 Å². The van der Waals surface area contributed by atoms with Crippen molar-refractivity contribution in [3.8, 4) is 11.1 Å². The number of nitrogens with one attached hydrogen (secondary N) is 1. The quantitative estimate of drug-likeness (QED) is 0.518. The molecule has 3 aromatic rings. The van der Waals surface area contributed by atoms with Crippen LogP contribution in [-0.2, 0) is 4.74 Å². The van der Waals surface area contributed by atoms with Crippen molar-refractivity contribution >= 4 is 22.3 Å². The molecule has 1 saturated heterocycles. The molecule has 5 heteroatoms. The zero-order chi connectivity index (χ0) is 18.5. The van der Waals surface area contributed by atoms with Crippen LogP contribution in [-0.4, -0.2) is 49.3 Å². The van der Waals surface area contributed by atoms with Crippen LogP contribution in [0.2, 0.25) is 0 Å². The van der Waals surface area contributed by atoms with Crippen LogP contribution in [0.5, 0.6) is 0 Å². The van der Waals surface area contributed by atoms with Crippen LogP contribution in [0, 0.1) is 0 Å². The first-order valence-corrected chi connectivity index (χ1v) is 9.59. The first-order valence-electron chi connectivity index (χ1n) is 9.59. The Kier molecular flexibility index (Phi) is 5.51. The van der Waals surface area contributed by atoms with Crippen LogP contribution in [0.1, 0.15) is 6.42 Å². The van der Waals surface area contributed by atoms with E-state index in [2.05, 4.69) is 51.6 Å². The second kappa shape index (κ2) is 8.37. The highest BCUT2D eigenvalue weighted by atomic mass is 16.5. The predicted octanol–water partition coefficient (Wildman–Crippen LogP) is 3.62. The van der Waals surface area contributed by atoms with Crippen LogP contribution in [0.15, 0.2) is 54.7 Å². The van der Waals surface area contributed by atoms with E-state index in [1.165, 1.54) is 16.5 Å². The number of benzene rings is 2. The molecular weight excluding hydrogens is 336 g/mol. The Morgan fingerprint density at radius 2 is 1.81 bits per heavy atom. The summed E-state index contributed by atoms with van der Waals surface area (Å²) >= 11 is 0. The first kappa shape index (κ1) is 17.8. The number of rotatable bonds is 6. The van der Waals surface area contributed by atoms with E-state index in [9.17, 15) is 0 Å². The lowest BCUT2D eigenvalue weighted by molar-refractivity contribution is 0.0378. The van der Waals surface area contributed by atoms with Gasteiger partial charge in [0, 0.05) is 36.9 Å². The second-order valence-corrected chi connectivity index (χ2v) is 6.92. The molecule has 1 aromatic heterocycles. The van der Waals surface area contributed by atoms with Gasteiger partial charge in [0.05, 0.1) is 13.2 Å². The number of hydrogen-bond acceptors (Lipinski definition) is 5.